The van der Waals surface area contributed by atoms with Crippen LogP contribution in [0.3, 0.4) is 0 Å². The zero-order valence-corrected chi connectivity index (χ0v) is 11.6. The Labute approximate surface area is 107 Å². The highest BCUT2D eigenvalue weighted by Gasteiger charge is 2.08. The van der Waals surface area contributed by atoms with Crippen molar-refractivity contribution in [2.24, 2.45) is 0 Å². The van der Waals surface area contributed by atoms with Gasteiger partial charge >= 0.3 is 0 Å². The molecule has 2 rings (SSSR count). The molecule has 0 fully saturated rings. The monoisotopic (exact) mass is 300 g/mol. The van der Waals surface area contributed by atoms with Gasteiger partial charge in [-0.25, -0.2) is 4.98 Å². The van der Waals surface area contributed by atoms with Gasteiger partial charge in [0.05, 0.1) is 17.3 Å². The fraction of sp³-hybridized carbons (Fsp3) is 0.364. The van der Waals surface area contributed by atoms with Crippen molar-refractivity contribution in [3.05, 3.63) is 16.6 Å². The van der Waals surface area contributed by atoms with Crippen molar-refractivity contribution in [1.29, 1.82) is 0 Å². The summed E-state index contributed by atoms with van der Waals surface area (Å²) in [6, 6.07) is 3.94. The second kappa shape index (κ2) is 5.01. The van der Waals surface area contributed by atoms with Crippen LogP contribution >= 0.6 is 27.3 Å². The topological polar surface area (TPSA) is 34.2 Å². The maximum atomic E-state index is 5.22. The first kappa shape index (κ1) is 11.7. The van der Waals surface area contributed by atoms with Crippen molar-refractivity contribution in [2.45, 2.75) is 13.3 Å². The lowest BCUT2D eigenvalue weighted by Gasteiger charge is -1.99. The molecule has 2 aromatic rings. The van der Waals surface area contributed by atoms with E-state index in [-0.39, 0.29) is 0 Å². The Morgan fingerprint density at radius 2 is 2.31 bits per heavy atom. The van der Waals surface area contributed by atoms with Crippen LogP contribution in [0.2, 0.25) is 0 Å². The molecule has 3 nitrogen and oxygen atoms in total. The summed E-state index contributed by atoms with van der Waals surface area (Å²) in [4.78, 5) is 4.53. The molecule has 0 unspecified atom stereocenters. The van der Waals surface area contributed by atoms with Crippen molar-refractivity contribution in [1.82, 2.24) is 4.98 Å². The van der Waals surface area contributed by atoms with Crippen LogP contribution in [0.15, 0.2) is 16.6 Å². The number of thiazole rings is 1. The molecule has 1 N–H and O–H groups in total. The molecule has 0 saturated carbocycles. The Bertz CT molecular complexity index is 498. The Balaban J connectivity index is 2.40. The first-order valence-corrected chi connectivity index (χ1v) is 6.73. The molecule has 0 saturated heterocycles. The quantitative estimate of drug-likeness (QED) is 0.930. The summed E-state index contributed by atoms with van der Waals surface area (Å²) < 4.78 is 7.33. The van der Waals surface area contributed by atoms with Gasteiger partial charge in [0.2, 0.25) is 0 Å². The molecule has 0 spiro atoms. The third-order valence-corrected chi connectivity index (χ3v) is 3.75. The van der Waals surface area contributed by atoms with Gasteiger partial charge in [-0.15, -0.1) is 0 Å². The van der Waals surface area contributed by atoms with E-state index in [4.69, 9.17) is 4.74 Å². The van der Waals surface area contributed by atoms with Crippen LogP contribution in [0.5, 0.6) is 5.75 Å². The summed E-state index contributed by atoms with van der Waals surface area (Å²) in [7, 11) is 1.67. The minimum absolute atomic E-state index is 0.852. The van der Waals surface area contributed by atoms with Gasteiger partial charge in [0, 0.05) is 11.0 Å². The number of hydrogen-bond acceptors (Lipinski definition) is 4. The number of benzene rings is 1. The van der Waals surface area contributed by atoms with Crippen molar-refractivity contribution in [3.63, 3.8) is 0 Å². The molecule has 0 radical (unpaired) electrons. The molecule has 0 bridgehead atoms. The average Bonchev–Trinajstić information content (AvgIpc) is 2.69. The molecule has 0 aliphatic rings. The summed E-state index contributed by atoms with van der Waals surface area (Å²) in [5.74, 6) is 0.852. The minimum atomic E-state index is 0.852. The van der Waals surface area contributed by atoms with Crippen molar-refractivity contribution in [2.75, 3.05) is 19.0 Å². The maximum absolute atomic E-state index is 5.22. The van der Waals surface area contributed by atoms with E-state index in [9.17, 15) is 0 Å². The second-order valence-electron chi connectivity index (χ2n) is 3.40. The Hall–Kier alpha value is -0.810. The van der Waals surface area contributed by atoms with E-state index in [1.165, 1.54) is 0 Å². The second-order valence-corrected chi connectivity index (χ2v) is 5.29. The van der Waals surface area contributed by atoms with E-state index in [0.717, 1.165) is 38.5 Å². The van der Waals surface area contributed by atoms with Gasteiger partial charge in [0.25, 0.3) is 0 Å². The van der Waals surface area contributed by atoms with Crippen LogP contribution in [0, 0.1) is 0 Å². The van der Waals surface area contributed by atoms with E-state index in [2.05, 4.69) is 33.2 Å². The average molecular weight is 301 g/mol. The first-order chi connectivity index (χ1) is 7.74. The van der Waals surface area contributed by atoms with Crippen LogP contribution in [-0.2, 0) is 0 Å². The van der Waals surface area contributed by atoms with Gasteiger partial charge < -0.3 is 10.1 Å². The van der Waals surface area contributed by atoms with Crippen LogP contribution in [0.4, 0.5) is 5.13 Å². The molecule has 0 aliphatic carbocycles. The van der Waals surface area contributed by atoms with Gasteiger partial charge in [0.15, 0.2) is 5.13 Å². The van der Waals surface area contributed by atoms with Crippen molar-refractivity contribution in [3.8, 4) is 5.75 Å². The van der Waals surface area contributed by atoms with Gasteiger partial charge in [-0.05, 0) is 34.5 Å². The summed E-state index contributed by atoms with van der Waals surface area (Å²) in [5.41, 5.74) is 0.990. The van der Waals surface area contributed by atoms with E-state index >= 15 is 0 Å². The summed E-state index contributed by atoms with van der Waals surface area (Å²) in [6.45, 7) is 3.09. The molecule has 0 atom stereocenters. The molecule has 16 heavy (non-hydrogen) atoms. The first-order valence-electron chi connectivity index (χ1n) is 5.12. The number of nitrogens with one attached hydrogen (secondary N) is 1. The number of aromatic nitrogens is 1. The number of rotatable bonds is 4. The highest BCUT2D eigenvalue weighted by molar-refractivity contribution is 9.10. The Kier molecular flexibility index (Phi) is 3.66. The molecule has 1 heterocycles. The zero-order chi connectivity index (χ0) is 11.5. The van der Waals surface area contributed by atoms with Gasteiger partial charge in [0.1, 0.15) is 5.75 Å². The summed E-state index contributed by atoms with van der Waals surface area (Å²) in [5, 5.41) is 4.26. The van der Waals surface area contributed by atoms with Crippen LogP contribution < -0.4 is 10.1 Å². The predicted octanol–water partition coefficient (Wildman–Crippen LogP) is 3.89. The fourth-order valence-electron chi connectivity index (χ4n) is 1.39. The van der Waals surface area contributed by atoms with E-state index < -0.39 is 0 Å². The normalized spacial score (nSPS) is 10.7. The van der Waals surface area contributed by atoms with Crippen LogP contribution in [0.25, 0.3) is 10.2 Å². The Morgan fingerprint density at radius 3 is 3.00 bits per heavy atom. The highest BCUT2D eigenvalue weighted by Crippen LogP contribution is 2.34. The number of methoxy groups -OCH3 is 1. The lowest BCUT2D eigenvalue weighted by molar-refractivity contribution is 0.415. The molecule has 1 aromatic carbocycles. The molecule has 0 aliphatic heterocycles. The Morgan fingerprint density at radius 1 is 1.50 bits per heavy atom. The zero-order valence-electron chi connectivity index (χ0n) is 9.21. The number of anilines is 1. The lowest BCUT2D eigenvalue weighted by atomic mass is 10.3. The van der Waals surface area contributed by atoms with Crippen LogP contribution in [-0.4, -0.2) is 18.6 Å². The molecule has 1 aromatic heterocycles. The standard InChI is InChI=1S/C11H13BrN2OS/c1-3-4-13-11-14-10-8(12)5-7(15-2)6-9(10)16-11/h5-6H,3-4H2,1-2H3,(H,13,14). The lowest BCUT2D eigenvalue weighted by Crippen LogP contribution is -1.98. The molecule has 86 valence electrons. The van der Waals surface area contributed by atoms with Gasteiger partial charge in [-0.2, -0.15) is 0 Å². The third-order valence-electron chi connectivity index (χ3n) is 2.18. The summed E-state index contributed by atoms with van der Waals surface area (Å²) in [6.07, 6.45) is 1.10. The van der Waals surface area contributed by atoms with E-state index in [1.54, 1.807) is 18.4 Å². The molecular formula is C11H13BrN2OS. The van der Waals surface area contributed by atoms with Crippen LogP contribution in [0.1, 0.15) is 13.3 Å². The number of ether oxygens (including phenoxy) is 1. The third kappa shape index (κ3) is 2.30. The molecule has 0 amide bonds. The SMILES string of the molecule is CCCNc1nc2c(Br)cc(OC)cc2s1. The number of halogens is 1. The maximum Gasteiger partial charge on any atom is 0.183 e. The highest BCUT2D eigenvalue weighted by atomic mass is 79.9. The van der Waals surface area contributed by atoms with Crippen molar-refractivity contribution < 1.29 is 4.74 Å². The smallest absolute Gasteiger partial charge is 0.183 e. The van der Waals surface area contributed by atoms with E-state index in [0.29, 0.717) is 0 Å². The summed E-state index contributed by atoms with van der Waals surface area (Å²) >= 11 is 5.16. The predicted molar refractivity (Wildman–Crippen MR) is 72.7 cm³/mol. The molecule has 5 heteroatoms. The van der Waals surface area contributed by atoms with E-state index in [1.807, 2.05) is 12.1 Å². The number of nitrogens with zero attached hydrogens (tertiary/aromatic N) is 1. The molecular weight excluding hydrogens is 288 g/mol. The van der Waals surface area contributed by atoms with Gasteiger partial charge in [-0.3, -0.25) is 0 Å². The van der Waals surface area contributed by atoms with Crippen molar-refractivity contribution >= 4 is 42.6 Å². The minimum Gasteiger partial charge on any atom is -0.497 e. The number of fused-ring (bicyclic) bond motifs is 1. The van der Waals surface area contributed by atoms with Gasteiger partial charge in [-0.1, -0.05) is 18.3 Å². The largest absolute Gasteiger partial charge is 0.497 e. The number of hydrogen-bond donors (Lipinski definition) is 1. The fourth-order valence-corrected chi connectivity index (χ4v) is 3.00.